The number of carbonyl (C=O) groups excluding carboxylic acids is 2. The normalized spacial score (nSPS) is 23.5. The van der Waals surface area contributed by atoms with Gasteiger partial charge in [0.25, 0.3) is 5.91 Å². The Morgan fingerprint density at radius 1 is 1.22 bits per heavy atom. The molecule has 0 aliphatic carbocycles. The second kappa shape index (κ2) is 7.42. The highest BCUT2D eigenvalue weighted by molar-refractivity contribution is 7.07. The minimum atomic E-state index is -0.326. The van der Waals surface area contributed by atoms with Gasteiger partial charge in [-0.2, -0.15) is 11.3 Å². The molecule has 2 aliphatic rings. The number of hydrogen-bond donors (Lipinski definition) is 1. The monoisotopic (exact) mass is 336 g/mol. The Balaban J connectivity index is 1.47. The van der Waals surface area contributed by atoms with Crippen molar-refractivity contribution in [1.82, 2.24) is 20.0 Å². The molecule has 0 spiro atoms. The second-order valence-corrected chi connectivity index (χ2v) is 7.00. The fraction of sp³-hybridized carbons (Fsp3) is 0.625. The summed E-state index contributed by atoms with van der Waals surface area (Å²) >= 11 is 1.73. The molecule has 0 unspecified atom stereocenters. The molecule has 3 amide bonds. The van der Waals surface area contributed by atoms with Crippen LogP contribution in [-0.2, 0) is 11.3 Å². The van der Waals surface area contributed by atoms with Gasteiger partial charge in [-0.15, -0.1) is 0 Å². The number of urea groups is 1. The molecule has 3 heterocycles. The van der Waals surface area contributed by atoms with Crippen LogP contribution in [0.1, 0.15) is 25.3 Å². The topological polar surface area (TPSA) is 55.9 Å². The van der Waals surface area contributed by atoms with Crippen LogP contribution in [0.4, 0.5) is 4.79 Å². The van der Waals surface area contributed by atoms with E-state index in [9.17, 15) is 9.59 Å². The Bertz CT molecular complexity index is 540. The molecule has 0 aromatic carbocycles. The summed E-state index contributed by atoms with van der Waals surface area (Å²) in [4.78, 5) is 30.2. The van der Waals surface area contributed by atoms with E-state index in [1.54, 1.807) is 11.3 Å². The van der Waals surface area contributed by atoms with Crippen LogP contribution < -0.4 is 5.32 Å². The number of hydrogen-bond acceptors (Lipinski definition) is 5. The highest BCUT2D eigenvalue weighted by Crippen LogP contribution is 2.14. The molecule has 1 atom stereocenters. The first-order chi connectivity index (χ1) is 11.2. The van der Waals surface area contributed by atoms with E-state index in [1.807, 2.05) is 6.92 Å². The van der Waals surface area contributed by atoms with Gasteiger partial charge in [0.15, 0.2) is 0 Å². The van der Waals surface area contributed by atoms with E-state index in [4.69, 9.17) is 0 Å². The number of rotatable bonds is 6. The first-order valence-electron chi connectivity index (χ1n) is 8.25. The van der Waals surface area contributed by atoms with E-state index >= 15 is 0 Å². The Kier molecular flexibility index (Phi) is 5.30. The number of nitrogens with zero attached hydrogens (tertiary/aromatic N) is 3. The minimum Gasteiger partial charge on any atom is -0.326 e. The summed E-state index contributed by atoms with van der Waals surface area (Å²) in [5.41, 5.74) is 1.36. The molecule has 23 heavy (non-hydrogen) atoms. The molecule has 126 valence electrons. The maximum absolute atomic E-state index is 12.3. The molecular weight excluding hydrogens is 312 g/mol. The average molecular weight is 336 g/mol. The molecule has 0 bridgehead atoms. The van der Waals surface area contributed by atoms with Crippen LogP contribution >= 0.6 is 11.3 Å². The highest BCUT2D eigenvalue weighted by Gasteiger charge is 2.38. The van der Waals surface area contributed by atoms with Crippen molar-refractivity contribution in [3.63, 3.8) is 0 Å². The summed E-state index contributed by atoms with van der Waals surface area (Å²) in [6, 6.07) is 1.60. The van der Waals surface area contributed by atoms with Gasteiger partial charge in [0.05, 0.1) is 6.67 Å². The number of piperazine rings is 1. The Morgan fingerprint density at radius 2 is 1.96 bits per heavy atom. The van der Waals surface area contributed by atoms with E-state index in [2.05, 4.69) is 31.9 Å². The summed E-state index contributed by atoms with van der Waals surface area (Å²) in [6.45, 7) is 7.14. The third-order valence-electron chi connectivity index (χ3n) is 4.48. The number of carbonyl (C=O) groups is 2. The number of nitrogens with one attached hydrogen (secondary N) is 1. The fourth-order valence-electron chi connectivity index (χ4n) is 3.12. The van der Waals surface area contributed by atoms with Gasteiger partial charge in [-0.05, 0) is 28.8 Å². The number of imide groups is 1. The van der Waals surface area contributed by atoms with Crippen molar-refractivity contribution in [2.75, 3.05) is 32.8 Å². The molecule has 1 aromatic heterocycles. The average Bonchev–Trinajstić information content (AvgIpc) is 3.14. The molecule has 6 nitrogen and oxygen atoms in total. The van der Waals surface area contributed by atoms with Crippen LogP contribution in [0.2, 0.25) is 0 Å². The summed E-state index contributed by atoms with van der Waals surface area (Å²) in [5, 5.41) is 7.08. The lowest BCUT2D eigenvalue weighted by Gasteiger charge is -2.35. The largest absolute Gasteiger partial charge is 0.326 e. The van der Waals surface area contributed by atoms with Crippen LogP contribution in [-0.4, -0.2) is 65.5 Å². The molecule has 1 aromatic rings. The number of thiophene rings is 1. The van der Waals surface area contributed by atoms with Crippen molar-refractivity contribution in [3.8, 4) is 0 Å². The molecule has 2 saturated heterocycles. The maximum Gasteiger partial charge on any atom is 0.325 e. The van der Waals surface area contributed by atoms with E-state index in [-0.39, 0.29) is 18.0 Å². The summed E-state index contributed by atoms with van der Waals surface area (Å²) in [5.74, 6) is -0.0717. The minimum absolute atomic E-state index is 0.0717. The molecule has 2 aliphatic heterocycles. The van der Waals surface area contributed by atoms with Gasteiger partial charge in [0.1, 0.15) is 6.04 Å². The molecule has 0 radical (unpaired) electrons. The third-order valence-corrected chi connectivity index (χ3v) is 5.21. The van der Waals surface area contributed by atoms with Crippen molar-refractivity contribution in [3.05, 3.63) is 22.4 Å². The van der Waals surface area contributed by atoms with Crippen LogP contribution in [0.5, 0.6) is 0 Å². The number of amides is 3. The zero-order valence-corrected chi connectivity index (χ0v) is 14.3. The van der Waals surface area contributed by atoms with Gasteiger partial charge in [0, 0.05) is 32.7 Å². The first-order valence-corrected chi connectivity index (χ1v) is 9.19. The fourth-order valence-corrected chi connectivity index (χ4v) is 3.78. The van der Waals surface area contributed by atoms with E-state index in [1.165, 1.54) is 10.5 Å². The van der Waals surface area contributed by atoms with Gasteiger partial charge in [0.2, 0.25) is 0 Å². The Hall–Kier alpha value is -1.44. The van der Waals surface area contributed by atoms with Crippen molar-refractivity contribution in [1.29, 1.82) is 0 Å². The van der Waals surface area contributed by atoms with Crippen LogP contribution in [0.3, 0.4) is 0 Å². The molecule has 2 fully saturated rings. The van der Waals surface area contributed by atoms with Gasteiger partial charge in [-0.25, -0.2) is 9.69 Å². The summed E-state index contributed by atoms with van der Waals surface area (Å²) < 4.78 is 0. The predicted octanol–water partition coefficient (Wildman–Crippen LogP) is 1.54. The van der Waals surface area contributed by atoms with Gasteiger partial charge < -0.3 is 5.32 Å². The van der Waals surface area contributed by atoms with Crippen molar-refractivity contribution in [2.24, 2.45) is 0 Å². The summed E-state index contributed by atoms with van der Waals surface area (Å²) in [7, 11) is 0. The van der Waals surface area contributed by atoms with Crippen molar-refractivity contribution >= 4 is 23.3 Å². The van der Waals surface area contributed by atoms with Crippen molar-refractivity contribution in [2.45, 2.75) is 32.4 Å². The highest BCUT2D eigenvalue weighted by atomic mass is 32.1. The molecule has 3 rings (SSSR count). The smallest absolute Gasteiger partial charge is 0.325 e. The molecular formula is C16H24N4O2S. The SMILES string of the molecule is CCC[C@H]1NC(=O)N(CN2CCN(Cc3ccsc3)CC2)C1=O. The van der Waals surface area contributed by atoms with Crippen LogP contribution in [0.25, 0.3) is 0 Å². The van der Waals surface area contributed by atoms with Crippen molar-refractivity contribution < 1.29 is 9.59 Å². The standard InChI is InChI=1S/C16H24N4O2S/c1-2-3-14-15(21)20(16(22)17-14)12-19-7-5-18(6-8-19)10-13-4-9-23-11-13/h4,9,11,14H,2-3,5-8,10,12H2,1H3,(H,17,22)/t14-/m1/s1. The lowest BCUT2D eigenvalue weighted by atomic mass is 10.2. The lowest BCUT2D eigenvalue weighted by Crippen LogP contribution is -2.51. The maximum atomic E-state index is 12.3. The molecule has 0 saturated carbocycles. The van der Waals surface area contributed by atoms with E-state index < -0.39 is 0 Å². The summed E-state index contributed by atoms with van der Waals surface area (Å²) in [6.07, 6.45) is 1.61. The first kappa shape index (κ1) is 16.4. The molecule has 7 heteroatoms. The second-order valence-electron chi connectivity index (χ2n) is 6.22. The van der Waals surface area contributed by atoms with Crippen LogP contribution in [0, 0.1) is 0 Å². The van der Waals surface area contributed by atoms with Gasteiger partial charge >= 0.3 is 6.03 Å². The molecule has 1 N–H and O–H groups in total. The van der Waals surface area contributed by atoms with Gasteiger partial charge in [-0.3, -0.25) is 14.6 Å². The Labute approximate surface area is 141 Å². The zero-order valence-electron chi connectivity index (χ0n) is 13.5. The van der Waals surface area contributed by atoms with Gasteiger partial charge in [-0.1, -0.05) is 13.3 Å². The quantitative estimate of drug-likeness (QED) is 0.801. The van der Waals surface area contributed by atoms with Crippen LogP contribution in [0.15, 0.2) is 16.8 Å². The lowest BCUT2D eigenvalue weighted by molar-refractivity contribution is -0.129. The Morgan fingerprint density at radius 3 is 2.61 bits per heavy atom. The van der Waals surface area contributed by atoms with E-state index in [0.29, 0.717) is 6.67 Å². The predicted molar refractivity (Wildman–Crippen MR) is 90.1 cm³/mol. The zero-order chi connectivity index (χ0) is 16.2. The third kappa shape index (κ3) is 3.91. The van der Waals surface area contributed by atoms with E-state index in [0.717, 1.165) is 45.6 Å².